The molecule has 158 valence electrons. The van der Waals surface area contributed by atoms with Crippen LogP contribution in [0, 0.1) is 5.82 Å². The zero-order valence-electron chi connectivity index (χ0n) is 17.1. The van der Waals surface area contributed by atoms with E-state index in [-0.39, 0.29) is 12.5 Å². The number of carbonyl (C=O) groups excluding carboxylic acids is 1. The molecule has 2 saturated heterocycles. The van der Waals surface area contributed by atoms with Gasteiger partial charge in [-0.15, -0.1) is 0 Å². The minimum atomic E-state index is -0.451. The zero-order chi connectivity index (χ0) is 20.5. The van der Waals surface area contributed by atoms with Crippen molar-refractivity contribution in [3.05, 3.63) is 41.8 Å². The summed E-state index contributed by atoms with van der Waals surface area (Å²) in [4.78, 5) is 21.9. The Morgan fingerprint density at radius 3 is 2.80 bits per heavy atom. The molecule has 2 aromatic rings. The molecule has 0 radical (unpaired) electrons. The number of ether oxygens (including phenoxy) is 1. The fourth-order valence-corrected chi connectivity index (χ4v) is 4.60. The number of nitrogens with one attached hydrogen (secondary N) is 1. The van der Waals surface area contributed by atoms with Gasteiger partial charge in [0.25, 0.3) is 5.91 Å². The van der Waals surface area contributed by atoms with Crippen LogP contribution >= 0.6 is 0 Å². The van der Waals surface area contributed by atoms with E-state index in [1.54, 1.807) is 4.90 Å². The number of amides is 1. The van der Waals surface area contributed by atoms with E-state index in [0.29, 0.717) is 18.0 Å². The topological polar surface area (TPSA) is 57.7 Å². The van der Waals surface area contributed by atoms with Crippen molar-refractivity contribution < 1.29 is 13.9 Å². The van der Waals surface area contributed by atoms with Gasteiger partial charge in [0.1, 0.15) is 17.7 Å². The molecule has 3 aliphatic rings. The smallest absolute Gasteiger partial charge is 0.256 e. The number of carbonyl (C=O) groups is 1. The van der Waals surface area contributed by atoms with Crippen LogP contribution in [-0.4, -0.2) is 36.7 Å². The first-order chi connectivity index (χ1) is 14.7. The number of nitrogens with zero attached hydrogens (tertiary/aromatic N) is 3. The van der Waals surface area contributed by atoms with Gasteiger partial charge in [-0.1, -0.05) is 0 Å². The third-order valence-corrected chi connectivity index (χ3v) is 6.23. The van der Waals surface area contributed by atoms with Gasteiger partial charge in [-0.25, -0.2) is 9.37 Å². The first kappa shape index (κ1) is 19.3. The average molecular weight is 410 g/mol. The largest absolute Gasteiger partial charge is 0.371 e. The van der Waals surface area contributed by atoms with Crippen LogP contribution in [0.15, 0.2) is 30.5 Å². The van der Waals surface area contributed by atoms with Gasteiger partial charge >= 0.3 is 0 Å². The van der Waals surface area contributed by atoms with E-state index in [9.17, 15) is 9.18 Å². The summed E-state index contributed by atoms with van der Waals surface area (Å²) in [5.41, 5.74) is 3.38. The van der Waals surface area contributed by atoms with E-state index in [1.807, 2.05) is 6.07 Å². The Kier molecular flexibility index (Phi) is 5.29. The first-order valence-electron chi connectivity index (χ1n) is 10.9. The summed E-state index contributed by atoms with van der Waals surface area (Å²) in [6.45, 7) is 2.93. The molecule has 1 aromatic carbocycles. The molecule has 0 saturated carbocycles. The number of benzene rings is 1. The van der Waals surface area contributed by atoms with Gasteiger partial charge in [0.15, 0.2) is 0 Å². The first-order valence-corrected chi connectivity index (χ1v) is 10.9. The average Bonchev–Trinajstić information content (AvgIpc) is 2.95. The van der Waals surface area contributed by atoms with Crippen LogP contribution in [0.25, 0.3) is 0 Å². The molecule has 1 unspecified atom stereocenters. The van der Waals surface area contributed by atoms with Crippen LogP contribution in [0.2, 0.25) is 0 Å². The highest BCUT2D eigenvalue weighted by molar-refractivity contribution is 6.01. The van der Waals surface area contributed by atoms with Crippen molar-refractivity contribution in [2.24, 2.45) is 0 Å². The predicted molar refractivity (Wildman–Crippen MR) is 115 cm³/mol. The molecule has 0 spiro atoms. The van der Waals surface area contributed by atoms with Crippen molar-refractivity contribution >= 4 is 28.8 Å². The summed E-state index contributed by atoms with van der Waals surface area (Å²) < 4.78 is 19.7. The lowest BCUT2D eigenvalue weighted by Crippen LogP contribution is -2.41. The lowest BCUT2D eigenvalue weighted by molar-refractivity contribution is -0.132. The highest BCUT2D eigenvalue weighted by Gasteiger charge is 2.32. The van der Waals surface area contributed by atoms with Crippen LogP contribution in [0.4, 0.5) is 27.3 Å². The number of pyridine rings is 1. The maximum Gasteiger partial charge on any atom is 0.256 e. The van der Waals surface area contributed by atoms with Gasteiger partial charge in [0.2, 0.25) is 0 Å². The van der Waals surface area contributed by atoms with Gasteiger partial charge < -0.3 is 19.9 Å². The van der Waals surface area contributed by atoms with E-state index < -0.39 is 11.9 Å². The zero-order valence-corrected chi connectivity index (χ0v) is 17.1. The Hall–Kier alpha value is -2.67. The Morgan fingerprint density at radius 1 is 1.13 bits per heavy atom. The second-order valence-electron chi connectivity index (χ2n) is 8.32. The van der Waals surface area contributed by atoms with Crippen molar-refractivity contribution in [2.45, 2.75) is 51.2 Å². The molecule has 1 amide bonds. The van der Waals surface area contributed by atoms with E-state index in [1.165, 1.54) is 31.5 Å². The molecule has 4 heterocycles. The van der Waals surface area contributed by atoms with Gasteiger partial charge in [-0.05, 0) is 62.8 Å². The number of rotatable bonds is 2. The molecule has 0 aliphatic carbocycles. The number of aromatic nitrogens is 1. The van der Waals surface area contributed by atoms with Crippen molar-refractivity contribution in [3.63, 3.8) is 0 Å². The molecule has 2 fully saturated rings. The molecular weight excluding hydrogens is 383 g/mol. The minimum absolute atomic E-state index is 0.0642. The van der Waals surface area contributed by atoms with Crippen molar-refractivity contribution in [2.75, 3.05) is 34.8 Å². The summed E-state index contributed by atoms with van der Waals surface area (Å²) in [7, 11) is 0. The van der Waals surface area contributed by atoms with Crippen LogP contribution in [0.3, 0.4) is 0 Å². The van der Waals surface area contributed by atoms with Crippen LogP contribution < -0.4 is 15.1 Å². The molecule has 1 aromatic heterocycles. The highest BCUT2D eigenvalue weighted by Crippen LogP contribution is 2.39. The summed E-state index contributed by atoms with van der Waals surface area (Å²) in [5.74, 6) is 0.116. The van der Waals surface area contributed by atoms with Crippen molar-refractivity contribution in [3.8, 4) is 0 Å². The van der Waals surface area contributed by atoms with E-state index in [0.717, 1.165) is 49.4 Å². The maximum atomic E-state index is 13.9. The molecular formula is C23H27FN4O2. The summed E-state index contributed by atoms with van der Waals surface area (Å²) in [6, 6.07) is 7.62. The molecule has 7 heteroatoms. The lowest BCUT2D eigenvalue weighted by atomic mass is 10.1. The second-order valence-corrected chi connectivity index (χ2v) is 8.32. The molecule has 1 atom stereocenters. The summed E-state index contributed by atoms with van der Waals surface area (Å²) in [5, 5.41) is 3.32. The van der Waals surface area contributed by atoms with E-state index in [2.05, 4.69) is 27.3 Å². The SMILES string of the molecule is O=C(C1CCCCO1)N1Cc2cc(F)cnc2Nc2ccc(N3CCCCC3)cc21. The van der Waals surface area contributed by atoms with E-state index >= 15 is 0 Å². The van der Waals surface area contributed by atoms with Gasteiger partial charge in [-0.2, -0.15) is 0 Å². The van der Waals surface area contributed by atoms with Crippen LogP contribution in [0.5, 0.6) is 0 Å². The van der Waals surface area contributed by atoms with Gasteiger partial charge in [-0.3, -0.25) is 4.79 Å². The van der Waals surface area contributed by atoms with Crippen molar-refractivity contribution in [1.29, 1.82) is 0 Å². The number of halogens is 1. The van der Waals surface area contributed by atoms with Crippen LogP contribution in [0.1, 0.15) is 44.1 Å². The van der Waals surface area contributed by atoms with E-state index in [4.69, 9.17) is 4.74 Å². The molecule has 0 bridgehead atoms. The maximum absolute atomic E-state index is 13.9. The molecule has 3 aliphatic heterocycles. The van der Waals surface area contributed by atoms with Crippen LogP contribution in [-0.2, 0) is 16.1 Å². The summed E-state index contributed by atoms with van der Waals surface area (Å²) in [6.07, 6.45) is 7.07. The monoisotopic (exact) mass is 410 g/mol. The van der Waals surface area contributed by atoms with Crippen molar-refractivity contribution in [1.82, 2.24) is 4.98 Å². The quantitative estimate of drug-likeness (QED) is 0.797. The number of anilines is 4. The Balaban J connectivity index is 1.55. The normalized spacial score (nSPS) is 21.3. The molecule has 1 N–H and O–H groups in total. The van der Waals surface area contributed by atoms with Gasteiger partial charge in [0, 0.05) is 30.9 Å². The van der Waals surface area contributed by atoms with Gasteiger partial charge in [0.05, 0.1) is 24.1 Å². The Bertz CT molecular complexity index is 939. The predicted octanol–water partition coefficient (Wildman–Crippen LogP) is 4.37. The fourth-order valence-electron chi connectivity index (χ4n) is 4.60. The number of fused-ring (bicyclic) bond motifs is 2. The minimum Gasteiger partial charge on any atom is -0.371 e. The highest BCUT2D eigenvalue weighted by atomic mass is 19.1. The molecule has 6 nitrogen and oxygen atoms in total. The third-order valence-electron chi connectivity index (χ3n) is 6.23. The standard InChI is InChI=1S/C23H27FN4O2/c24-17-12-16-15-28(23(29)21-6-2-5-11-30-21)20-13-18(27-9-3-1-4-10-27)7-8-19(20)26-22(16)25-14-17/h7-8,12-14,21H,1-6,9-11,15H2,(H,25,26). The Morgan fingerprint density at radius 2 is 2.00 bits per heavy atom. The second kappa shape index (κ2) is 8.22. The number of piperidine rings is 1. The number of hydrogen-bond acceptors (Lipinski definition) is 5. The molecule has 30 heavy (non-hydrogen) atoms. The Labute approximate surface area is 176 Å². The lowest BCUT2D eigenvalue weighted by Gasteiger charge is -2.32. The fraction of sp³-hybridized carbons (Fsp3) is 0.478. The number of hydrogen-bond donors (Lipinski definition) is 1. The summed E-state index contributed by atoms with van der Waals surface area (Å²) >= 11 is 0. The molecule has 5 rings (SSSR count). The third kappa shape index (κ3) is 3.74.